The second-order valence-electron chi connectivity index (χ2n) is 20.6. The largest absolute Gasteiger partial charge is 0.481 e. The number of hydrogen-bond acceptors (Lipinski definition) is 13. The third-order valence-electron chi connectivity index (χ3n) is 14.2. The highest BCUT2D eigenvalue weighted by molar-refractivity contribution is 5.98. The smallest absolute Gasteiger partial charge is 0.326 e. The van der Waals surface area contributed by atoms with Crippen LogP contribution in [0.25, 0.3) is 0 Å². The second-order valence-corrected chi connectivity index (χ2v) is 20.6. The number of H-pyrrole nitrogens is 1. The predicted octanol–water partition coefficient (Wildman–Crippen LogP) is -0.401. The minimum atomic E-state index is -1.74. The Balaban J connectivity index is 1.89. The number of aliphatic carboxylic acids is 2. The summed E-state index contributed by atoms with van der Waals surface area (Å²) in [5.74, 6) is -9.53. The van der Waals surface area contributed by atoms with Gasteiger partial charge in [0.25, 0.3) is 0 Å². The second kappa shape index (κ2) is 34.0. The number of hydrogen-bond donors (Lipinski definition) is 14. The number of nitrogens with two attached hydrogens (primary N) is 3. The summed E-state index contributed by atoms with van der Waals surface area (Å²) < 4.78 is 0. The maximum Gasteiger partial charge on any atom is 0.326 e. The Labute approximate surface area is 450 Å². The van der Waals surface area contributed by atoms with Gasteiger partial charge in [-0.1, -0.05) is 84.5 Å². The Morgan fingerprint density at radius 1 is 0.636 bits per heavy atom. The number of rotatable bonds is 34. The summed E-state index contributed by atoms with van der Waals surface area (Å²) in [6.07, 6.45) is 12.3. The van der Waals surface area contributed by atoms with Crippen LogP contribution in [0.15, 0.2) is 17.5 Å². The van der Waals surface area contributed by atoms with Crippen molar-refractivity contribution in [3.05, 3.63) is 18.2 Å². The molecule has 1 heterocycles. The number of aliphatic imine (C=N–C) groups is 1. The fourth-order valence-corrected chi connectivity index (χ4v) is 9.66. The van der Waals surface area contributed by atoms with Crippen LogP contribution in [0, 0.1) is 17.8 Å². The Morgan fingerprint density at radius 2 is 1.14 bits per heavy atom. The van der Waals surface area contributed by atoms with Crippen molar-refractivity contribution in [3.63, 3.8) is 0 Å². The van der Waals surface area contributed by atoms with Gasteiger partial charge in [-0.05, 0) is 76.2 Å². The van der Waals surface area contributed by atoms with E-state index < -0.39 is 120 Å². The fraction of sp³-hybridized carbons (Fsp3) is 0.725. The molecule has 0 aliphatic heterocycles. The summed E-state index contributed by atoms with van der Waals surface area (Å²) in [6, 6.07) is -10.5. The summed E-state index contributed by atoms with van der Waals surface area (Å²) >= 11 is 0. The number of nitrogens with one attached hydrogen (secondary N) is 9. The highest BCUT2D eigenvalue weighted by Gasteiger charge is 2.37. The Morgan fingerprint density at radius 3 is 1.65 bits per heavy atom. The lowest BCUT2D eigenvalue weighted by Crippen LogP contribution is -2.61. The molecule has 2 aliphatic carbocycles. The van der Waals surface area contributed by atoms with E-state index in [-0.39, 0.29) is 69.4 Å². The maximum absolute atomic E-state index is 14.7. The van der Waals surface area contributed by atoms with E-state index in [9.17, 15) is 58.2 Å². The van der Waals surface area contributed by atoms with Crippen molar-refractivity contribution < 1.29 is 58.2 Å². The zero-order valence-electron chi connectivity index (χ0n) is 45.2. The Bertz CT molecular complexity index is 2130. The molecule has 1 aromatic heterocycles. The normalized spacial score (nSPS) is 17.4. The quantitative estimate of drug-likeness (QED) is 0.0237. The van der Waals surface area contributed by atoms with E-state index in [4.69, 9.17) is 17.2 Å². The number of nitrogens with zero attached hydrogens (tertiary/aromatic N) is 2. The first-order valence-corrected chi connectivity index (χ1v) is 27.2. The number of guanidine groups is 1. The lowest BCUT2D eigenvalue weighted by Gasteiger charge is -2.32. The van der Waals surface area contributed by atoms with Gasteiger partial charge in [0.05, 0.1) is 12.7 Å². The first-order chi connectivity index (χ1) is 36.6. The van der Waals surface area contributed by atoms with E-state index >= 15 is 0 Å². The number of aromatic amines is 1. The van der Waals surface area contributed by atoms with Crippen LogP contribution in [0.4, 0.5) is 0 Å². The number of imidazole rings is 1. The molecule has 26 heteroatoms. The zero-order valence-corrected chi connectivity index (χ0v) is 45.2. The lowest BCUT2D eigenvalue weighted by molar-refractivity contribution is -0.142. The monoisotopic (exact) mass is 1090 g/mol. The third-order valence-corrected chi connectivity index (χ3v) is 14.2. The van der Waals surface area contributed by atoms with Crippen LogP contribution in [-0.2, 0) is 54.4 Å². The van der Waals surface area contributed by atoms with Gasteiger partial charge in [0.1, 0.15) is 48.3 Å². The summed E-state index contributed by atoms with van der Waals surface area (Å²) in [4.78, 5) is 145. The van der Waals surface area contributed by atoms with E-state index in [0.717, 1.165) is 64.2 Å². The molecular weight excluding hydrogens is 1000 g/mol. The topological polar surface area (TPSA) is 426 Å². The molecule has 0 spiro atoms. The van der Waals surface area contributed by atoms with Gasteiger partial charge < -0.3 is 74.9 Å². The fourth-order valence-electron chi connectivity index (χ4n) is 9.66. The molecule has 9 atom stereocenters. The average molecular weight is 1090 g/mol. The standard InChI is InChI=1S/C51H86N14O12/c1-5-29(2)42(49(75)58-30(3)43(69)61-36(50(76)77)20-14-22-56-51(53)54)65-48(74)38(24-33-17-10-7-11-18-33)63-45(71)37(23-32-15-8-6-9-16-32)62-47(73)40(26-41(67)68)64-44(70)35(19-12-13-21-52)60-46(72)39(59-31(4)66)25-34-27-55-28-57-34/h27-30,32-33,35-40,42H,5-26,52H2,1-4H3,(H,55,57)(H,58,75)(H,59,66)(H,60,72)(H,61,69)(H,62,73)(H,63,71)(H,64,70)(H,65,74)(H,67,68)(H,76,77)(H4,53,54,56)/t29-,30+,35-,36-,37-,38-,39-,40-,42-/m0/s1. The van der Waals surface area contributed by atoms with Crippen LogP contribution in [0.2, 0.25) is 0 Å². The van der Waals surface area contributed by atoms with Crippen LogP contribution in [-0.4, -0.2) is 147 Å². The van der Waals surface area contributed by atoms with Crippen molar-refractivity contribution in [2.45, 2.75) is 204 Å². The van der Waals surface area contributed by atoms with Crippen LogP contribution in [0.1, 0.15) is 155 Å². The van der Waals surface area contributed by atoms with E-state index in [0.29, 0.717) is 25.0 Å². The maximum atomic E-state index is 14.7. The van der Waals surface area contributed by atoms with E-state index in [1.54, 1.807) is 13.8 Å². The van der Waals surface area contributed by atoms with E-state index in [1.807, 2.05) is 0 Å². The van der Waals surface area contributed by atoms with Crippen LogP contribution < -0.4 is 59.7 Å². The molecule has 17 N–H and O–H groups in total. The molecule has 0 unspecified atom stereocenters. The molecule has 1 aromatic rings. The van der Waals surface area contributed by atoms with Crippen molar-refractivity contribution in [3.8, 4) is 0 Å². The molecule has 8 amide bonds. The van der Waals surface area contributed by atoms with Crippen LogP contribution in [0.3, 0.4) is 0 Å². The lowest BCUT2D eigenvalue weighted by atomic mass is 9.83. The number of carbonyl (C=O) groups excluding carboxylic acids is 8. The number of aromatic nitrogens is 2. The summed E-state index contributed by atoms with van der Waals surface area (Å²) in [6.45, 7) is 6.53. The molecule has 2 fully saturated rings. The van der Waals surface area contributed by atoms with Gasteiger partial charge >= 0.3 is 11.9 Å². The molecule has 77 heavy (non-hydrogen) atoms. The van der Waals surface area contributed by atoms with Crippen molar-refractivity contribution in [2.75, 3.05) is 13.1 Å². The third kappa shape index (κ3) is 23.9. The van der Waals surface area contributed by atoms with Gasteiger partial charge in [-0.15, -0.1) is 0 Å². The van der Waals surface area contributed by atoms with Gasteiger partial charge in [0.2, 0.25) is 47.3 Å². The molecule has 0 saturated heterocycles. The van der Waals surface area contributed by atoms with Crippen molar-refractivity contribution in [1.29, 1.82) is 0 Å². The van der Waals surface area contributed by atoms with Gasteiger partial charge in [-0.2, -0.15) is 0 Å². The molecular formula is C51H86N14O12. The molecule has 26 nitrogen and oxygen atoms in total. The highest BCUT2D eigenvalue weighted by atomic mass is 16.4. The summed E-state index contributed by atoms with van der Waals surface area (Å²) in [5, 5.41) is 40.8. The van der Waals surface area contributed by atoms with E-state index in [2.05, 4.69) is 57.5 Å². The highest BCUT2D eigenvalue weighted by Crippen LogP contribution is 2.29. The molecule has 0 radical (unpaired) electrons. The molecule has 2 aliphatic rings. The molecule has 0 bridgehead atoms. The average Bonchev–Trinajstić information content (AvgIpc) is 3.90. The SMILES string of the molecule is CC[C@H](C)[C@H](NC(=O)[C@H](CC1CCCCC1)NC(=O)[C@H](CC1CCCCC1)NC(=O)[C@H](CC(=O)O)NC(=O)[C@H](CCCCN)NC(=O)[C@H](Cc1cnc[nH]1)NC(C)=O)C(=O)N[C@H](C)C(=O)N[C@@H](CCCN=C(N)N)C(=O)O. The number of unbranched alkanes of at least 4 members (excludes halogenated alkanes) is 1. The first kappa shape index (κ1) is 64.4. The number of carboxylic acid groups (broad SMARTS) is 2. The number of amides is 8. The summed E-state index contributed by atoms with van der Waals surface area (Å²) in [7, 11) is 0. The van der Waals surface area contributed by atoms with Gasteiger partial charge in [0, 0.05) is 31.8 Å². The van der Waals surface area contributed by atoms with Crippen molar-refractivity contribution in [2.24, 2.45) is 39.9 Å². The minimum absolute atomic E-state index is 0.00178. The van der Waals surface area contributed by atoms with E-state index in [1.165, 1.54) is 26.4 Å². The summed E-state index contributed by atoms with van der Waals surface area (Å²) in [5.41, 5.74) is 16.9. The van der Waals surface area contributed by atoms with Crippen LogP contribution >= 0.6 is 0 Å². The number of carbonyl (C=O) groups is 10. The van der Waals surface area contributed by atoms with Gasteiger partial charge in [-0.25, -0.2) is 9.78 Å². The molecule has 432 valence electrons. The van der Waals surface area contributed by atoms with Crippen molar-refractivity contribution in [1.82, 2.24) is 52.5 Å². The molecule has 2 saturated carbocycles. The van der Waals surface area contributed by atoms with Crippen molar-refractivity contribution >= 4 is 65.2 Å². The minimum Gasteiger partial charge on any atom is -0.481 e. The Kier molecular flexibility index (Phi) is 28.5. The van der Waals surface area contributed by atoms with Crippen LogP contribution in [0.5, 0.6) is 0 Å². The molecule has 3 rings (SSSR count). The zero-order chi connectivity index (χ0) is 57.0. The molecule has 0 aromatic carbocycles. The Hall–Kier alpha value is -6.86. The number of carboxylic acids is 2. The van der Waals surface area contributed by atoms with Gasteiger partial charge in [-0.3, -0.25) is 48.1 Å². The van der Waals surface area contributed by atoms with Gasteiger partial charge in [0.15, 0.2) is 5.96 Å². The predicted molar refractivity (Wildman–Crippen MR) is 284 cm³/mol. The first-order valence-electron chi connectivity index (χ1n) is 27.2.